The molecule has 5 heteroatoms. The Labute approximate surface area is 122 Å². The normalized spacial score (nSPS) is 25.1. The maximum atomic E-state index is 12.2. The number of benzene rings is 1. The number of nitrogens with zero attached hydrogens (tertiary/aromatic N) is 2. The van der Waals surface area contributed by atoms with Gasteiger partial charge < -0.3 is 14.7 Å². The van der Waals surface area contributed by atoms with E-state index < -0.39 is 0 Å². The lowest BCUT2D eigenvalue weighted by atomic mass is 10.1. The van der Waals surface area contributed by atoms with E-state index in [1.165, 1.54) is 17.4 Å². The number of hydrogen-bond donors (Lipinski definition) is 1. The lowest BCUT2D eigenvalue weighted by molar-refractivity contribution is 0.204. The smallest absolute Gasteiger partial charge is 0.317 e. The molecule has 0 spiro atoms. The van der Waals surface area contributed by atoms with Crippen molar-refractivity contribution in [1.29, 1.82) is 0 Å². The van der Waals surface area contributed by atoms with E-state index in [-0.39, 0.29) is 12.1 Å². The molecule has 2 amide bonds. The molecule has 2 aliphatic carbocycles. The van der Waals surface area contributed by atoms with E-state index >= 15 is 0 Å². The van der Waals surface area contributed by atoms with Gasteiger partial charge in [-0.15, -0.1) is 0 Å². The van der Waals surface area contributed by atoms with Crippen LogP contribution in [0.1, 0.15) is 22.7 Å². The number of amides is 2. The largest absolute Gasteiger partial charge is 0.364 e. The molecule has 0 aliphatic heterocycles. The number of aromatic nitrogens is 1. The zero-order valence-electron chi connectivity index (χ0n) is 11.8. The number of rotatable bonds is 3. The molecule has 2 aromatic rings. The topological polar surface area (TPSA) is 58.4 Å². The molecular weight excluding hydrogens is 266 g/mol. The molecule has 5 nitrogen and oxygen atoms in total. The van der Waals surface area contributed by atoms with Crippen LogP contribution in [-0.2, 0) is 13.0 Å². The van der Waals surface area contributed by atoms with Crippen LogP contribution in [-0.4, -0.2) is 29.2 Å². The van der Waals surface area contributed by atoms with Gasteiger partial charge in [0.15, 0.2) is 0 Å². The lowest BCUT2D eigenvalue weighted by Crippen LogP contribution is -2.39. The van der Waals surface area contributed by atoms with Crippen molar-refractivity contribution in [2.75, 3.05) is 7.05 Å². The zero-order valence-corrected chi connectivity index (χ0v) is 11.8. The molecule has 1 heterocycles. The molecule has 2 aliphatic rings. The maximum absolute atomic E-state index is 12.2. The first-order valence-corrected chi connectivity index (χ1v) is 7.23. The molecule has 108 valence electrons. The summed E-state index contributed by atoms with van der Waals surface area (Å²) in [7, 11) is 1.77. The van der Waals surface area contributed by atoms with Crippen molar-refractivity contribution in [3.63, 3.8) is 0 Å². The van der Waals surface area contributed by atoms with E-state index in [1.807, 2.05) is 0 Å². The number of carbonyl (C=O) groups is 1. The van der Waals surface area contributed by atoms with E-state index in [9.17, 15) is 4.79 Å². The fourth-order valence-corrected chi connectivity index (χ4v) is 3.43. The average Bonchev–Trinajstić information content (AvgIpc) is 2.86. The first kappa shape index (κ1) is 12.4. The van der Waals surface area contributed by atoms with Crippen molar-refractivity contribution in [2.45, 2.75) is 24.9 Å². The monoisotopic (exact) mass is 283 g/mol. The highest BCUT2D eigenvalue weighted by molar-refractivity contribution is 5.75. The quantitative estimate of drug-likeness (QED) is 0.939. The van der Waals surface area contributed by atoms with Crippen LogP contribution in [0, 0.1) is 5.92 Å². The first-order valence-electron chi connectivity index (χ1n) is 7.23. The van der Waals surface area contributed by atoms with Crippen LogP contribution in [0.25, 0.3) is 0 Å². The molecule has 1 aromatic carbocycles. The summed E-state index contributed by atoms with van der Waals surface area (Å²) in [6, 6.07) is 10.5. The average molecular weight is 283 g/mol. The summed E-state index contributed by atoms with van der Waals surface area (Å²) >= 11 is 0. The van der Waals surface area contributed by atoms with Gasteiger partial charge in [0.2, 0.25) is 0 Å². The molecule has 4 rings (SSSR count). The SMILES string of the molecule is CN(Cc1ccon1)C(=O)N[C@@H]1[C@H]2Cc3ccccc3[C@H]21. The summed E-state index contributed by atoms with van der Waals surface area (Å²) in [5, 5.41) is 6.96. The Morgan fingerprint density at radius 1 is 1.43 bits per heavy atom. The summed E-state index contributed by atoms with van der Waals surface area (Å²) in [5.41, 5.74) is 3.61. The minimum Gasteiger partial charge on any atom is -0.364 e. The fraction of sp³-hybridized carbons (Fsp3) is 0.375. The number of nitrogens with one attached hydrogen (secondary N) is 1. The first-order chi connectivity index (χ1) is 10.2. The molecule has 3 atom stereocenters. The summed E-state index contributed by atoms with van der Waals surface area (Å²) < 4.78 is 4.78. The van der Waals surface area contributed by atoms with Crippen LogP contribution >= 0.6 is 0 Å². The van der Waals surface area contributed by atoms with Crippen LogP contribution in [0.4, 0.5) is 4.79 Å². The van der Waals surface area contributed by atoms with E-state index in [4.69, 9.17) is 4.52 Å². The van der Waals surface area contributed by atoms with Gasteiger partial charge in [0.05, 0.1) is 6.54 Å². The number of carbonyl (C=O) groups excluding carboxylic acids is 1. The van der Waals surface area contributed by atoms with E-state index in [1.54, 1.807) is 18.0 Å². The van der Waals surface area contributed by atoms with Crippen LogP contribution in [0.15, 0.2) is 41.1 Å². The molecule has 1 aromatic heterocycles. The van der Waals surface area contributed by atoms with Crippen molar-refractivity contribution in [1.82, 2.24) is 15.4 Å². The third kappa shape index (κ3) is 2.09. The van der Waals surface area contributed by atoms with E-state index in [2.05, 4.69) is 34.7 Å². The second-order valence-electron chi connectivity index (χ2n) is 5.91. The fourth-order valence-electron chi connectivity index (χ4n) is 3.43. The van der Waals surface area contributed by atoms with Crippen molar-refractivity contribution < 1.29 is 9.32 Å². The van der Waals surface area contributed by atoms with Crippen molar-refractivity contribution >= 4 is 6.03 Å². The zero-order chi connectivity index (χ0) is 14.4. The van der Waals surface area contributed by atoms with Crippen LogP contribution in [0.2, 0.25) is 0 Å². The number of fused-ring (bicyclic) bond motifs is 3. The van der Waals surface area contributed by atoms with Gasteiger partial charge in [-0.1, -0.05) is 29.4 Å². The molecule has 21 heavy (non-hydrogen) atoms. The Morgan fingerprint density at radius 3 is 3.10 bits per heavy atom. The minimum absolute atomic E-state index is 0.0464. The third-order valence-corrected chi connectivity index (χ3v) is 4.57. The molecule has 0 unspecified atom stereocenters. The van der Waals surface area contributed by atoms with Gasteiger partial charge in [0.1, 0.15) is 12.0 Å². The van der Waals surface area contributed by atoms with Gasteiger partial charge in [-0.25, -0.2) is 4.79 Å². The van der Waals surface area contributed by atoms with Gasteiger partial charge in [-0.05, 0) is 23.5 Å². The highest BCUT2D eigenvalue weighted by Crippen LogP contribution is 2.56. The van der Waals surface area contributed by atoms with Gasteiger partial charge in [0, 0.05) is 25.1 Å². The molecule has 1 saturated carbocycles. The molecule has 1 fully saturated rings. The maximum Gasteiger partial charge on any atom is 0.317 e. The predicted octanol–water partition coefficient (Wildman–Crippen LogP) is 2.15. The molecule has 0 bridgehead atoms. The highest BCUT2D eigenvalue weighted by Gasteiger charge is 2.56. The molecule has 0 saturated heterocycles. The Hall–Kier alpha value is -2.30. The van der Waals surface area contributed by atoms with Crippen LogP contribution in [0.3, 0.4) is 0 Å². The van der Waals surface area contributed by atoms with Crippen LogP contribution < -0.4 is 5.32 Å². The molecular formula is C16H17N3O2. The Balaban J connectivity index is 1.37. The summed E-state index contributed by atoms with van der Waals surface area (Å²) in [6.07, 6.45) is 2.60. The van der Waals surface area contributed by atoms with Gasteiger partial charge in [0.25, 0.3) is 0 Å². The predicted molar refractivity (Wildman–Crippen MR) is 76.7 cm³/mol. The van der Waals surface area contributed by atoms with Gasteiger partial charge >= 0.3 is 6.03 Å². The third-order valence-electron chi connectivity index (χ3n) is 4.57. The van der Waals surface area contributed by atoms with Gasteiger partial charge in [-0.2, -0.15) is 0 Å². The lowest BCUT2D eigenvalue weighted by Gasteiger charge is -2.17. The van der Waals surface area contributed by atoms with Crippen molar-refractivity contribution in [3.8, 4) is 0 Å². The molecule has 1 N–H and O–H groups in total. The second kappa shape index (κ2) is 4.62. The Bertz CT molecular complexity index is 668. The van der Waals surface area contributed by atoms with Crippen LogP contribution in [0.5, 0.6) is 0 Å². The summed E-state index contributed by atoms with van der Waals surface area (Å²) in [5.74, 6) is 1.08. The minimum atomic E-state index is -0.0464. The van der Waals surface area contributed by atoms with Crippen molar-refractivity contribution in [3.05, 3.63) is 53.4 Å². The second-order valence-corrected chi connectivity index (χ2v) is 5.91. The Morgan fingerprint density at radius 2 is 2.29 bits per heavy atom. The van der Waals surface area contributed by atoms with Gasteiger partial charge in [-0.3, -0.25) is 0 Å². The summed E-state index contributed by atoms with van der Waals surface area (Å²) in [4.78, 5) is 13.9. The highest BCUT2D eigenvalue weighted by atomic mass is 16.5. The standard InChI is InChI=1S/C16H17N3O2/c1-19(9-11-6-7-21-18-11)16(20)17-15-13-8-10-4-2-3-5-12(10)14(13)15/h2-7,13-15H,8-9H2,1H3,(H,17,20)/t13-,14+,15+/m0/s1. The number of hydrogen-bond acceptors (Lipinski definition) is 3. The number of urea groups is 1. The Kier molecular flexibility index (Phi) is 2.74. The summed E-state index contributed by atoms with van der Waals surface area (Å²) in [6.45, 7) is 0.459. The van der Waals surface area contributed by atoms with Crippen molar-refractivity contribution in [2.24, 2.45) is 5.92 Å². The van der Waals surface area contributed by atoms with E-state index in [0.717, 1.165) is 12.1 Å². The van der Waals surface area contributed by atoms with E-state index in [0.29, 0.717) is 18.4 Å². The molecule has 0 radical (unpaired) electrons.